The predicted molar refractivity (Wildman–Crippen MR) is 65.0 cm³/mol. The van der Waals surface area contributed by atoms with Crippen LogP contribution in [0.4, 0.5) is 0 Å². The van der Waals surface area contributed by atoms with Crippen LogP contribution in [0.15, 0.2) is 0 Å². The van der Waals surface area contributed by atoms with E-state index in [0.29, 0.717) is 5.92 Å². The smallest absolute Gasteiger partial charge is 0.304 e. The van der Waals surface area contributed by atoms with Crippen LogP contribution in [0.5, 0.6) is 0 Å². The van der Waals surface area contributed by atoms with Crippen LogP contribution in [0.25, 0.3) is 0 Å². The van der Waals surface area contributed by atoms with E-state index in [2.05, 4.69) is 29.8 Å². The molecule has 4 heteroatoms. The highest BCUT2D eigenvalue weighted by molar-refractivity contribution is 9.09. The van der Waals surface area contributed by atoms with Gasteiger partial charge in [0.15, 0.2) is 0 Å². The molecule has 0 aliphatic heterocycles. The summed E-state index contributed by atoms with van der Waals surface area (Å²) < 4.78 is 5.62. The van der Waals surface area contributed by atoms with Crippen molar-refractivity contribution in [2.75, 3.05) is 5.23 Å². The van der Waals surface area contributed by atoms with E-state index < -0.39 is 5.60 Å². The molecule has 3 rings (SSSR count). The fraction of sp³-hybridized carbons (Fsp3) is 1.00. The van der Waals surface area contributed by atoms with Crippen LogP contribution in [-0.2, 0) is 4.65 Å². The van der Waals surface area contributed by atoms with Crippen LogP contribution >= 0.6 is 15.9 Å². The van der Waals surface area contributed by atoms with Gasteiger partial charge in [0.2, 0.25) is 0 Å². The van der Waals surface area contributed by atoms with Crippen LogP contribution < -0.4 is 0 Å². The number of aliphatic hydroxyl groups is 1. The Morgan fingerprint density at radius 3 is 2.53 bits per heavy atom. The van der Waals surface area contributed by atoms with Gasteiger partial charge in [-0.2, -0.15) is 0 Å². The fourth-order valence-electron chi connectivity index (χ4n) is 3.47. The predicted octanol–water partition coefficient (Wildman–Crippen LogP) is 2.16. The fourth-order valence-corrected chi connectivity index (χ4v) is 3.63. The third-order valence-corrected chi connectivity index (χ3v) is 4.91. The highest BCUT2D eigenvalue weighted by Gasteiger charge is 2.62. The molecule has 2 nitrogen and oxygen atoms in total. The summed E-state index contributed by atoms with van der Waals surface area (Å²) in [6.45, 7) is 6.47. The Morgan fingerprint density at radius 2 is 2.07 bits per heavy atom. The van der Waals surface area contributed by atoms with Crippen LogP contribution in [-0.4, -0.2) is 29.5 Å². The first-order valence-electron chi connectivity index (χ1n) is 5.66. The van der Waals surface area contributed by atoms with Gasteiger partial charge in [-0.25, -0.2) is 0 Å². The van der Waals surface area contributed by atoms with Gasteiger partial charge in [0.25, 0.3) is 0 Å². The Hall–Kier alpha value is 0.465. The minimum Gasteiger partial charge on any atom is -0.434 e. The molecular weight excluding hydrogens is 255 g/mol. The topological polar surface area (TPSA) is 29.5 Å². The lowest BCUT2D eigenvalue weighted by atomic mass is 9.43. The molecule has 2 bridgehead atoms. The van der Waals surface area contributed by atoms with Crippen molar-refractivity contribution in [2.45, 2.75) is 45.3 Å². The molecule has 15 heavy (non-hydrogen) atoms. The standard InChI is InChI=1S/C11H19BBrO2/c1-10(2)7-4-8(10)11(3,14)9(5-7)15-12-6-13/h7-9,14H,4-6H2,1-3H3/t7?,8?,9?,11-/m1/s1. The molecule has 4 atom stereocenters. The second-order valence-corrected chi connectivity index (χ2v) is 6.36. The van der Waals surface area contributed by atoms with Gasteiger partial charge < -0.3 is 9.76 Å². The van der Waals surface area contributed by atoms with E-state index in [-0.39, 0.29) is 11.5 Å². The van der Waals surface area contributed by atoms with Crippen molar-refractivity contribution >= 4 is 23.4 Å². The molecule has 3 unspecified atom stereocenters. The van der Waals surface area contributed by atoms with Crippen molar-refractivity contribution < 1.29 is 9.76 Å². The molecular formula is C11H19BBrO2. The van der Waals surface area contributed by atoms with Crippen molar-refractivity contribution in [1.29, 1.82) is 0 Å². The summed E-state index contributed by atoms with van der Waals surface area (Å²) in [5.41, 5.74) is -0.380. The summed E-state index contributed by atoms with van der Waals surface area (Å²) in [4.78, 5) is 0. The van der Waals surface area contributed by atoms with Gasteiger partial charge in [-0.15, -0.1) is 0 Å². The summed E-state index contributed by atoms with van der Waals surface area (Å²) in [5, 5.41) is 11.3. The monoisotopic (exact) mass is 273 g/mol. The lowest BCUT2D eigenvalue weighted by Crippen LogP contribution is -2.67. The lowest BCUT2D eigenvalue weighted by Gasteiger charge is -2.65. The minimum absolute atomic E-state index is 0.0215. The van der Waals surface area contributed by atoms with E-state index in [1.165, 1.54) is 0 Å². The number of fused-ring (bicyclic) bond motifs is 2. The summed E-state index contributed by atoms with van der Waals surface area (Å²) in [5.74, 6) is 1.11. The molecule has 3 saturated carbocycles. The maximum absolute atomic E-state index is 10.5. The first-order valence-corrected chi connectivity index (χ1v) is 6.78. The van der Waals surface area contributed by atoms with Crippen molar-refractivity contribution in [3.8, 4) is 0 Å². The summed E-state index contributed by atoms with van der Waals surface area (Å²) in [6, 6.07) is 0. The number of alkyl halides is 1. The third kappa shape index (κ3) is 1.69. The number of rotatable bonds is 3. The second kappa shape index (κ2) is 3.74. The van der Waals surface area contributed by atoms with Crippen LogP contribution in [0.1, 0.15) is 33.6 Å². The van der Waals surface area contributed by atoms with Crippen LogP contribution in [0.2, 0.25) is 0 Å². The Morgan fingerprint density at radius 1 is 1.40 bits per heavy atom. The van der Waals surface area contributed by atoms with E-state index in [1.54, 1.807) is 7.48 Å². The highest BCUT2D eigenvalue weighted by atomic mass is 79.9. The summed E-state index contributed by atoms with van der Waals surface area (Å²) >= 11 is 3.30. The molecule has 1 N–H and O–H groups in total. The van der Waals surface area contributed by atoms with Gasteiger partial charge in [0, 0.05) is 5.23 Å². The molecule has 1 radical (unpaired) electrons. The van der Waals surface area contributed by atoms with Gasteiger partial charge in [-0.05, 0) is 37.0 Å². The molecule has 0 aromatic rings. The van der Waals surface area contributed by atoms with Crippen molar-refractivity contribution in [3.63, 3.8) is 0 Å². The van der Waals surface area contributed by atoms with Crippen LogP contribution in [0, 0.1) is 17.3 Å². The SMILES string of the molecule is CC1(C)C2CC(O[B]CBr)[C@](C)(O)C1C2. The molecule has 3 aliphatic carbocycles. The molecule has 3 fully saturated rings. The zero-order valence-corrected chi connectivity index (χ0v) is 11.3. The van der Waals surface area contributed by atoms with Crippen LogP contribution in [0.3, 0.4) is 0 Å². The van der Waals surface area contributed by atoms with E-state index in [0.717, 1.165) is 24.0 Å². The third-order valence-electron chi connectivity index (χ3n) is 4.65. The average Bonchev–Trinajstić information content (AvgIpc) is 2.14. The molecule has 0 amide bonds. The molecule has 85 valence electrons. The summed E-state index contributed by atoms with van der Waals surface area (Å²) in [6.07, 6.45) is 2.13. The Balaban J connectivity index is 2.07. The number of hydrogen-bond acceptors (Lipinski definition) is 2. The number of halogens is 1. The second-order valence-electron chi connectivity index (χ2n) is 5.71. The molecule has 0 aromatic heterocycles. The first kappa shape index (κ1) is 11.9. The highest BCUT2D eigenvalue weighted by Crippen LogP contribution is 2.63. The maximum Gasteiger partial charge on any atom is 0.304 e. The summed E-state index contributed by atoms with van der Waals surface area (Å²) in [7, 11) is 1.75. The van der Waals surface area contributed by atoms with E-state index in [1.807, 2.05) is 6.92 Å². The molecule has 3 aliphatic rings. The Labute approximate surface area is 101 Å². The first-order chi connectivity index (χ1) is 6.90. The average molecular weight is 274 g/mol. The molecule has 0 spiro atoms. The van der Waals surface area contributed by atoms with Crippen molar-refractivity contribution in [2.24, 2.45) is 17.3 Å². The molecule has 0 saturated heterocycles. The zero-order chi connectivity index (χ0) is 11.3. The van der Waals surface area contributed by atoms with Gasteiger partial charge in [0.1, 0.15) is 0 Å². The Kier molecular flexibility index (Phi) is 2.98. The largest absolute Gasteiger partial charge is 0.434 e. The number of hydrogen-bond donors (Lipinski definition) is 1. The normalized spacial score (nSPS) is 47.1. The van der Waals surface area contributed by atoms with E-state index in [9.17, 15) is 5.11 Å². The molecule has 0 aromatic carbocycles. The minimum atomic E-state index is -0.670. The Bertz CT molecular complexity index is 255. The van der Waals surface area contributed by atoms with E-state index in [4.69, 9.17) is 4.65 Å². The maximum atomic E-state index is 10.5. The van der Waals surface area contributed by atoms with Gasteiger partial charge in [0.05, 0.1) is 11.7 Å². The van der Waals surface area contributed by atoms with E-state index >= 15 is 0 Å². The molecule has 0 heterocycles. The quantitative estimate of drug-likeness (QED) is 0.631. The lowest BCUT2D eigenvalue weighted by molar-refractivity contribution is -0.238. The van der Waals surface area contributed by atoms with Crippen molar-refractivity contribution in [1.82, 2.24) is 0 Å². The zero-order valence-electron chi connectivity index (χ0n) is 9.66. The van der Waals surface area contributed by atoms with Gasteiger partial charge in [-0.1, -0.05) is 29.8 Å². The van der Waals surface area contributed by atoms with Gasteiger partial charge in [-0.3, -0.25) is 0 Å². The van der Waals surface area contributed by atoms with Crippen molar-refractivity contribution in [3.05, 3.63) is 0 Å². The van der Waals surface area contributed by atoms with Gasteiger partial charge >= 0.3 is 7.48 Å².